The minimum absolute atomic E-state index is 0.135. The van der Waals surface area contributed by atoms with Crippen molar-refractivity contribution in [2.45, 2.75) is 45.2 Å². The van der Waals surface area contributed by atoms with E-state index >= 15 is 0 Å². The highest BCUT2D eigenvalue weighted by Gasteiger charge is 2.74. The number of hydrogen-bond acceptors (Lipinski definition) is 4. The Morgan fingerprint density at radius 2 is 1.81 bits per heavy atom. The van der Waals surface area contributed by atoms with Crippen LogP contribution >= 0.6 is 11.6 Å². The smallest absolute Gasteiger partial charge is 0.250 e. The number of nitrogens with zero attached hydrogens (tertiary/aromatic N) is 2. The molecule has 3 amide bonds. The lowest BCUT2D eigenvalue weighted by Crippen LogP contribution is -2.54. The molecule has 2 aromatic rings. The van der Waals surface area contributed by atoms with Crippen molar-refractivity contribution in [2.24, 2.45) is 11.8 Å². The number of amides is 3. The number of rotatable bonds is 1. The van der Waals surface area contributed by atoms with Crippen LogP contribution in [0.25, 0.3) is 0 Å². The van der Waals surface area contributed by atoms with Gasteiger partial charge in [-0.1, -0.05) is 23.7 Å². The van der Waals surface area contributed by atoms with Gasteiger partial charge >= 0.3 is 0 Å². The summed E-state index contributed by atoms with van der Waals surface area (Å²) in [5.74, 6) is -2.04. The van der Waals surface area contributed by atoms with Gasteiger partial charge < -0.3 is 5.32 Å². The molecule has 4 unspecified atom stereocenters. The molecule has 3 saturated heterocycles. The van der Waals surface area contributed by atoms with Crippen molar-refractivity contribution in [3.05, 3.63) is 57.6 Å². The zero-order chi connectivity index (χ0) is 22.5. The molecule has 0 aliphatic carbocycles. The second kappa shape index (κ2) is 6.42. The van der Waals surface area contributed by atoms with E-state index in [-0.39, 0.29) is 23.8 Å². The van der Waals surface area contributed by atoms with Crippen LogP contribution < -0.4 is 10.2 Å². The first-order valence-corrected chi connectivity index (χ1v) is 11.5. The fourth-order valence-electron chi connectivity index (χ4n) is 6.51. The van der Waals surface area contributed by atoms with Crippen LogP contribution in [0.4, 0.5) is 11.4 Å². The summed E-state index contributed by atoms with van der Waals surface area (Å²) in [5.41, 5.74) is 3.72. The molecule has 0 aromatic heterocycles. The third-order valence-electron chi connectivity index (χ3n) is 7.95. The Kier molecular flexibility index (Phi) is 4.00. The quantitative estimate of drug-likeness (QED) is 0.674. The van der Waals surface area contributed by atoms with Crippen LogP contribution in [0.3, 0.4) is 0 Å². The number of benzene rings is 2. The lowest BCUT2D eigenvalue weighted by molar-refractivity contribution is -0.135. The van der Waals surface area contributed by atoms with E-state index in [0.29, 0.717) is 22.9 Å². The predicted molar refractivity (Wildman–Crippen MR) is 122 cm³/mol. The lowest BCUT2D eigenvalue weighted by Gasteiger charge is -2.36. The first-order valence-electron chi connectivity index (χ1n) is 11.1. The monoisotopic (exact) mass is 449 g/mol. The normalized spacial score (nSPS) is 30.8. The Morgan fingerprint density at radius 3 is 2.56 bits per heavy atom. The van der Waals surface area contributed by atoms with E-state index in [1.807, 2.05) is 51.1 Å². The first-order chi connectivity index (χ1) is 15.3. The van der Waals surface area contributed by atoms with Crippen LogP contribution in [-0.2, 0) is 19.9 Å². The largest absolute Gasteiger partial charge is 0.323 e. The number of imide groups is 1. The van der Waals surface area contributed by atoms with Gasteiger partial charge in [-0.05, 0) is 75.0 Å². The van der Waals surface area contributed by atoms with Crippen LogP contribution in [-0.4, -0.2) is 35.2 Å². The third-order valence-corrected chi connectivity index (χ3v) is 8.24. The molecule has 3 fully saturated rings. The molecule has 4 aliphatic heterocycles. The molecular formula is C25H24ClN3O3. The van der Waals surface area contributed by atoms with Crippen LogP contribution in [0.1, 0.15) is 35.1 Å². The van der Waals surface area contributed by atoms with Gasteiger partial charge in [0, 0.05) is 11.6 Å². The number of hydrogen-bond donors (Lipinski definition) is 1. The molecule has 0 radical (unpaired) electrons. The van der Waals surface area contributed by atoms with E-state index in [0.717, 1.165) is 35.1 Å². The molecular weight excluding hydrogens is 426 g/mol. The summed E-state index contributed by atoms with van der Waals surface area (Å²) in [6.45, 7) is 6.58. The molecule has 6 nitrogen and oxygen atoms in total. The molecule has 2 aromatic carbocycles. The number of aryl methyl sites for hydroxylation is 3. The Hall–Kier alpha value is -2.70. The van der Waals surface area contributed by atoms with E-state index in [1.54, 1.807) is 0 Å². The summed E-state index contributed by atoms with van der Waals surface area (Å²) in [6, 6.07) is 9.27. The van der Waals surface area contributed by atoms with Gasteiger partial charge in [0.25, 0.3) is 5.91 Å². The van der Waals surface area contributed by atoms with Crippen molar-refractivity contribution in [2.75, 3.05) is 16.8 Å². The standard InChI is InChI=1S/C25H24ClN3O3/c1-12-9-16-21(17(26)10-12)27-24(32)25(16)20-19(18-5-4-8-28(18)25)22(30)29(23(20)31)15-7-6-13(2)14(3)11-15/h6-7,9-11,18-20H,4-5,8H2,1-3H3,(H,27,32). The summed E-state index contributed by atoms with van der Waals surface area (Å²) < 4.78 is 0. The fourth-order valence-corrected chi connectivity index (χ4v) is 6.84. The van der Waals surface area contributed by atoms with Gasteiger partial charge in [-0.15, -0.1) is 0 Å². The minimum atomic E-state index is -1.20. The highest BCUT2D eigenvalue weighted by Crippen LogP contribution is 2.61. The van der Waals surface area contributed by atoms with Crippen molar-refractivity contribution in [3.63, 3.8) is 0 Å². The van der Waals surface area contributed by atoms with Crippen LogP contribution in [0.15, 0.2) is 30.3 Å². The minimum Gasteiger partial charge on any atom is -0.323 e. The molecule has 1 N–H and O–H groups in total. The van der Waals surface area contributed by atoms with E-state index in [9.17, 15) is 14.4 Å². The summed E-state index contributed by atoms with van der Waals surface area (Å²) in [6.07, 6.45) is 1.69. The Bertz CT molecular complexity index is 1240. The molecule has 32 heavy (non-hydrogen) atoms. The van der Waals surface area contributed by atoms with E-state index in [4.69, 9.17) is 11.6 Å². The second-order valence-corrected chi connectivity index (χ2v) is 9.98. The highest BCUT2D eigenvalue weighted by molar-refractivity contribution is 6.35. The van der Waals surface area contributed by atoms with Gasteiger partial charge in [0.15, 0.2) is 0 Å². The van der Waals surface area contributed by atoms with Crippen molar-refractivity contribution in [3.8, 4) is 0 Å². The van der Waals surface area contributed by atoms with Crippen LogP contribution in [0.2, 0.25) is 5.02 Å². The lowest BCUT2D eigenvalue weighted by atomic mass is 9.75. The fraction of sp³-hybridized carbons (Fsp3) is 0.400. The van der Waals surface area contributed by atoms with E-state index < -0.39 is 17.4 Å². The zero-order valence-corrected chi connectivity index (χ0v) is 19.0. The maximum atomic E-state index is 14.0. The molecule has 1 spiro atoms. The number of fused-ring (bicyclic) bond motifs is 7. The number of carbonyl (C=O) groups excluding carboxylic acids is 3. The molecule has 0 bridgehead atoms. The molecule has 4 heterocycles. The number of nitrogens with one attached hydrogen (secondary N) is 1. The maximum Gasteiger partial charge on any atom is 0.250 e. The summed E-state index contributed by atoms with van der Waals surface area (Å²) in [7, 11) is 0. The molecule has 0 saturated carbocycles. The highest BCUT2D eigenvalue weighted by atomic mass is 35.5. The van der Waals surface area contributed by atoms with Crippen molar-refractivity contribution in [1.29, 1.82) is 0 Å². The van der Waals surface area contributed by atoms with E-state index in [1.165, 1.54) is 4.90 Å². The molecule has 6 rings (SSSR count). The van der Waals surface area contributed by atoms with Gasteiger partial charge in [-0.3, -0.25) is 19.3 Å². The van der Waals surface area contributed by atoms with Gasteiger partial charge in [-0.2, -0.15) is 0 Å². The number of carbonyl (C=O) groups is 3. The average Bonchev–Trinajstić information content (AvgIpc) is 3.44. The maximum absolute atomic E-state index is 14.0. The van der Waals surface area contributed by atoms with Gasteiger partial charge in [0.1, 0.15) is 5.54 Å². The Morgan fingerprint density at radius 1 is 1.03 bits per heavy atom. The average molecular weight is 450 g/mol. The molecule has 7 heteroatoms. The summed E-state index contributed by atoms with van der Waals surface area (Å²) >= 11 is 6.51. The molecule has 164 valence electrons. The van der Waals surface area contributed by atoms with Crippen molar-refractivity contribution < 1.29 is 14.4 Å². The van der Waals surface area contributed by atoms with Crippen LogP contribution in [0.5, 0.6) is 0 Å². The second-order valence-electron chi connectivity index (χ2n) is 9.58. The topological polar surface area (TPSA) is 69.7 Å². The van der Waals surface area contributed by atoms with Crippen LogP contribution in [0, 0.1) is 32.6 Å². The third kappa shape index (κ3) is 2.22. The predicted octanol–water partition coefficient (Wildman–Crippen LogP) is 3.70. The van der Waals surface area contributed by atoms with Gasteiger partial charge in [-0.25, -0.2) is 4.90 Å². The zero-order valence-electron chi connectivity index (χ0n) is 18.2. The number of anilines is 2. The Balaban J connectivity index is 1.57. The Labute approximate surface area is 191 Å². The van der Waals surface area contributed by atoms with Crippen molar-refractivity contribution in [1.82, 2.24) is 4.90 Å². The number of halogens is 1. The van der Waals surface area contributed by atoms with Crippen molar-refractivity contribution >= 4 is 40.7 Å². The summed E-state index contributed by atoms with van der Waals surface area (Å²) in [5, 5.41) is 3.43. The van der Waals surface area contributed by atoms with E-state index in [2.05, 4.69) is 10.2 Å². The van der Waals surface area contributed by atoms with Gasteiger partial charge in [0.2, 0.25) is 11.8 Å². The molecule has 4 atom stereocenters. The summed E-state index contributed by atoms with van der Waals surface area (Å²) in [4.78, 5) is 44.9. The molecule has 4 aliphatic rings. The first kappa shape index (κ1) is 19.9. The SMILES string of the molecule is Cc1cc(Cl)c2c(c1)C1(C(=O)N2)C2C(=O)N(c3ccc(C)c(C)c3)C(=O)C2C2CCCN21. The van der Waals surface area contributed by atoms with Gasteiger partial charge in [0.05, 0.1) is 28.2 Å².